The highest BCUT2D eigenvalue weighted by Crippen LogP contribution is 2.18. The van der Waals surface area contributed by atoms with Crippen molar-refractivity contribution in [1.29, 1.82) is 0 Å². The van der Waals surface area contributed by atoms with Gasteiger partial charge in [-0.1, -0.05) is 38.5 Å². The van der Waals surface area contributed by atoms with Crippen LogP contribution >= 0.6 is 0 Å². The average Bonchev–Trinajstić information content (AvgIpc) is 2.72. The Balaban J connectivity index is 2.32. The number of hydrogen-bond donors (Lipinski definition) is 1. The molecule has 0 bridgehead atoms. The van der Waals surface area contributed by atoms with Crippen LogP contribution in [0, 0.1) is 0 Å². The molecule has 17 heavy (non-hydrogen) atoms. The Kier molecular flexibility index (Phi) is 4.15. The number of aromatic nitrogens is 2. The summed E-state index contributed by atoms with van der Waals surface area (Å²) in [6, 6.07) is 8.50. The first-order valence-corrected chi connectivity index (χ1v) is 6.52. The molecule has 0 amide bonds. The Bertz CT molecular complexity index is 431. The molecule has 0 aliphatic rings. The van der Waals surface area contributed by atoms with Gasteiger partial charge in [-0.05, 0) is 19.0 Å². The maximum Gasteiger partial charge on any atom is 0.0841 e. The third kappa shape index (κ3) is 2.67. The number of fused-ring (bicyclic) bond motifs is 1. The van der Waals surface area contributed by atoms with Crippen molar-refractivity contribution >= 4 is 10.9 Å². The number of unbranched alkanes of at least 4 members (excludes halogenated alkanes) is 1. The zero-order valence-corrected chi connectivity index (χ0v) is 10.7. The molecule has 2 rings (SSSR count). The second-order valence-corrected chi connectivity index (χ2v) is 4.32. The molecule has 0 atom stereocenters. The quantitative estimate of drug-likeness (QED) is 0.828. The Labute approximate surface area is 103 Å². The largest absolute Gasteiger partial charge is 0.311 e. The van der Waals surface area contributed by atoms with Crippen molar-refractivity contribution in [3.63, 3.8) is 0 Å². The van der Waals surface area contributed by atoms with Crippen LogP contribution in [0.5, 0.6) is 0 Å². The topological polar surface area (TPSA) is 29.9 Å². The highest BCUT2D eigenvalue weighted by atomic mass is 15.3. The molecule has 0 aliphatic heterocycles. The Morgan fingerprint density at radius 3 is 2.82 bits per heavy atom. The van der Waals surface area contributed by atoms with Crippen LogP contribution in [0.15, 0.2) is 24.3 Å². The lowest BCUT2D eigenvalue weighted by Gasteiger charge is -2.00. The van der Waals surface area contributed by atoms with Crippen LogP contribution in [0.4, 0.5) is 0 Å². The van der Waals surface area contributed by atoms with Gasteiger partial charge in [-0.25, -0.2) is 0 Å². The first-order chi connectivity index (χ1) is 8.36. The molecular formula is C14H21N3. The summed E-state index contributed by atoms with van der Waals surface area (Å²) in [6.07, 6.45) is 2.39. The summed E-state index contributed by atoms with van der Waals surface area (Å²) < 4.78 is 2.14. The molecule has 0 saturated heterocycles. The number of benzene rings is 1. The van der Waals surface area contributed by atoms with Crippen LogP contribution in [-0.2, 0) is 13.1 Å². The standard InChI is InChI=1S/C14H21N3/c1-3-5-10-17-14-9-7-6-8-12(14)13(16-17)11-15-4-2/h6-9,15H,3-5,10-11H2,1-2H3. The summed E-state index contributed by atoms with van der Waals surface area (Å²) in [5.74, 6) is 0. The molecule has 2 aromatic rings. The molecule has 0 aliphatic carbocycles. The fourth-order valence-corrected chi connectivity index (χ4v) is 2.05. The number of aryl methyl sites for hydroxylation is 1. The molecule has 1 aromatic heterocycles. The molecule has 0 saturated carbocycles. The van der Waals surface area contributed by atoms with Gasteiger partial charge in [0.05, 0.1) is 11.2 Å². The van der Waals surface area contributed by atoms with E-state index in [1.54, 1.807) is 0 Å². The first-order valence-electron chi connectivity index (χ1n) is 6.52. The smallest absolute Gasteiger partial charge is 0.0841 e. The SMILES string of the molecule is CCCCn1nc(CNCC)c2ccccc21. The van der Waals surface area contributed by atoms with Gasteiger partial charge in [0.25, 0.3) is 0 Å². The summed E-state index contributed by atoms with van der Waals surface area (Å²) >= 11 is 0. The lowest BCUT2D eigenvalue weighted by atomic mass is 10.2. The van der Waals surface area contributed by atoms with E-state index in [2.05, 4.69) is 48.1 Å². The van der Waals surface area contributed by atoms with E-state index in [0.717, 1.165) is 19.6 Å². The lowest BCUT2D eigenvalue weighted by Crippen LogP contribution is -2.12. The highest BCUT2D eigenvalue weighted by molar-refractivity contribution is 5.81. The maximum atomic E-state index is 4.72. The van der Waals surface area contributed by atoms with E-state index in [1.807, 2.05) is 0 Å². The van der Waals surface area contributed by atoms with Crippen molar-refractivity contribution in [3.05, 3.63) is 30.0 Å². The number of rotatable bonds is 6. The average molecular weight is 231 g/mol. The highest BCUT2D eigenvalue weighted by Gasteiger charge is 2.08. The zero-order chi connectivity index (χ0) is 12.1. The van der Waals surface area contributed by atoms with Crippen LogP contribution in [0.25, 0.3) is 10.9 Å². The van der Waals surface area contributed by atoms with Crippen LogP contribution in [-0.4, -0.2) is 16.3 Å². The van der Waals surface area contributed by atoms with Crippen LogP contribution in [0.2, 0.25) is 0 Å². The molecule has 0 fully saturated rings. The van der Waals surface area contributed by atoms with E-state index in [1.165, 1.54) is 29.4 Å². The van der Waals surface area contributed by atoms with Gasteiger partial charge >= 0.3 is 0 Å². The predicted octanol–water partition coefficient (Wildman–Crippen LogP) is 2.95. The fourth-order valence-electron chi connectivity index (χ4n) is 2.05. The van der Waals surface area contributed by atoms with Gasteiger partial charge in [0.1, 0.15) is 0 Å². The summed E-state index contributed by atoms with van der Waals surface area (Å²) in [5, 5.41) is 9.35. The van der Waals surface area contributed by atoms with Gasteiger partial charge in [-0.15, -0.1) is 0 Å². The third-order valence-corrected chi connectivity index (χ3v) is 3.00. The van der Waals surface area contributed by atoms with E-state index in [4.69, 9.17) is 5.10 Å². The summed E-state index contributed by atoms with van der Waals surface area (Å²) in [5.41, 5.74) is 2.42. The van der Waals surface area contributed by atoms with Crippen LogP contribution in [0.1, 0.15) is 32.4 Å². The summed E-state index contributed by atoms with van der Waals surface area (Å²) in [6.45, 7) is 7.19. The first kappa shape index (κ1) is 12.1. The number of nitrogens with one attached hydrogen (secondary N) is 1. The predicted molar refractivity (Wildman–Crippen MR) is 72.0 cm³/mol. The molecule has 3 heteroatoms. The normalized spacial score (nSPS) is 11.2. The van der Waals surface area contributed by atoms with E-state index in [-0.39, 0.29) is 0 Å². The molecule has 0 unspecified atom stereocenters. The van der Waals surface area contributed by atoms with Crippen molar-refractivity contribution in [2.75, 3.05) is 6.54 Å². The third-order valence-electron chi connectivity index (χ3n) is 3.00. The minimum atomic E-state index is 0.857. The van der Waals surface area contributed by atoms with Gasteiger partial charge in [0, 0.05) is 18.5 Å². The molecule has 1 aromatic carbocycles. The van der Waals surface area contributed by atoms with Crippen molar-refractivity contribution in [2.45, 2.75) is 39.8 Å². The minimum Gasteiger partial charge on any atom is -0.311 e. The number of nitrogens with zero attached hydrogens (tertiary/aromatic N) is 2. The van der Waals surface area contributed by atoms with Gasteiger partial charge < -0.3 is 5.32 Å². The van der Waals surface area contributed by atoms with Crippen molar-refractivity contribution in [2.24, 2.45) is 0 Å². The number of para-hydroxylation sites is 1. The Hall–Kier alpha value is -1.35. The van der Waals surface area contributed by atoms with E-state index in [0.29, 0.717) is 0 Å². The lowest BCUT2D eigenvalue weighted by molar-refractivity contribution is 0.574. The van der Waals surface area contributed by atoms with Crippen LogP contribution in [0.3, 0.4) is 0 Å². The van der Waals surface area contributed by atoms with Gasteiger partial charge in [0.15, 0.2) is 0 Å². The second-order valence-electron chi connectivity index (χ2n) is 4.32. The molecular weight excluding hydrogens is 210 g/mol. The molecule has 3 nitrogen and oxygen atoms in total. The summed E-state index contributed by atoms with van der Waals surface area (Å²) in [7, 11) is 0. The minimum absolute atomic E-state index is 0.857. The van der Waals surface area contributed by atoms with Crippen molar-refractivity contribution in [3.8, 4) is 0 Å². The Morgan fingerprint density at radius 2 is 2.06 bits per heavy atom. The monoisotopic (exact) mass is 231 g/mol. The van der Waals surface area contributed by atoms with E-state index >= 15 is 0 Å². The molecule has 0 spiro atoms. The summed E-state index contributed by atoms with van der Waals surface area (Å²) in [4.78, 5) is 0. The number of hydrogen-bond acceptors (Lipinski definition) is 2. The molecule has 1 N–H and O–H groups in total. The van der Waals surface area contributed by atoms with Gasteiger partial charge in [0.2, 0.25) is 0 Å². The van der Waals surface area contributed by atoms with Gasteiger partial charge in [-0.2, -0.15) is 5.10 Å². The zero-order valence-electron chi connectivity index (χ0n) is 10.7. The molecule has 92 valence electrons. The molecule has 1 heterocycles. The second kappa shape index (κ2) is 5.82. The van der Waals surface area contributed by atoms with E-state index in [9.17, 15) is 0 Å². The molecule has 0 radical (unpaired) electrons. The van der Waals surface area contributed by atoms with Crippen molar-refractivity contribution in [1.82, 2.24) is 15.1 Å². The van der Waals surface area contributed by atoms with E-state index < -0.39 is 0 Å². The maximum absolute atomic E-state index is 4.72. The van der Waals surface area contributed by atoms with Crippen LogP contribution < -0.4 is 5.32 Å². The van der Waals surface area contributed by atoms with Gasteiger partial charge in [-0.3, -0.25) is 4.68 Å². The fraction of sp³-hybridized carbons (Fsp3) is 0.500. The Morgan fingerprint density at radius 1 is 1.24 bits per heavy atom. The van der Waals surface area contributed by atoms with Crippen molar-refractivity contribution < 1.29 is 0 Å².